The molecule has 30 heavy (non-hydrogen) atoms. The zero-order valence-electron chi connectivity index (χ0n) is 17.9. The number of nitrogens with zero attached hydrogens (tertiary/aromatic N) is 1. The second kappa shape index (κ2) is 9.92. The van der Waals surface area contributed by atoms with Gasteiger partial charge < -0.3 is 10.1 Å². The van der Waals surface area contributed by atoms with Crippen LogP contribution in [0.2, 0.25) is 0 Å². The maximum Gasteiger partial charge on any atom is 0.338 e. The third kappa shape index (κ3) is 5.40. The molecule has 1 heterocycles. The molecule has 1 aliphatic heterocycles. The van der Waals surface area contributed by atoms with Crippen molar-refractivity contribution in [2.24, 2.45) is 5.92 Å². The molecule has 8 heteroatoms. The summed E-state index contributed by atoms with van der Waals surface area (Å²) in [5.41, 5.74) is 0.783. The van der Waals surface area contributed by atoms with E-state index in [0.29, 0.717) is 24.6 Å². The molecule has 1 saturated carbocycles. The topological polar surface area (TPSA) is 92.8 Å². The van der Waals surface area contributed by atoms with Gasteiger partial charge in [0.15, 0.2) is 6.61 Å². The Hall–Kier alpha value is -1.93. The number of carbonyl (C=O) groups excluding carboxylic acids is 2. The van der Waals surface area contributed by atoms with Crippen LogP contribution in [0.15, 0.2) is 23.1 Å². The molecule has 7 nitrogen and oxygen atoms in total. The molecular weight excluding hydrogens is 404 g/mol. The smallest absolute Gasteiger partial charge is 0.338 e. The lowest BCUT2D eigenvalue weighted by atomic mass is 9.86. The van der Waals surface area contributed by atoms with Gasteiger partial charge in [-0.05, 0) is 56.2 Å². The third-order valence-corrected chi connectivity index (χ3v) is 8.07. The Morgan fingerprint density at radius 2 is 1.80 bits per heavy atom. The van der Waals surface area contributed by atoms with Gasteiger partial charge in [0.25, 0.3) is 5.91 Å². The second-order valence-electron chi connectivity index (χ2n) is 8.45. The fourth-order valence-electron chi connectivity index (χ4n) is 4.22. The number of amides is 1. The number of carbonyl (C=O) groups is 2. The van der Waals surface area contributed by atoms with E-state index in [4.69, 9.17) is 4.74 Å². The molecule has 2 fully saturated rings. The van der Waals surface area contributed by atoms with E-state index in [1.165, 1.54) is 22.9 Å². The number of hydrogen-bond acceptors (Lipinski definition) is 5. The van der Waals surface area contributed by atoms with E-state index in [1.807, 2.05) is 0 Å². The number of piperidine rings is 1. The van der Waals surface area contributed by atoms with Gasteiger partial charge in [0.2, 0.25) is 10.0 Å². The zero-order chi connectivity index (χ0) is 21.7. The summed E-state index contributed by atoms with van der Waals surface area (Å²) in [5, 5.41) is 2.95. The Bertz CT molecular complexity index is 878. The van der Waals surface area contributed by atoms with Crippen LogP contribution in [-0.2, 0) is 19.6 Å². The van der Waals surface area contributed by atoms with Crippen LogP contribution in [0.3, 0.4) is 0 Å². The van der Waals surface area contributed by atoms with Crippen molar-refractivity contribution >= 4 is 21.9 Å². The molecule has 1 N–H and O–H groups in total. The molecule has 1 aromatic rings. The molecule has 166 valence electrons. The summed E-state index contributed by atoms with van der Waals surface area (Å²) in [7, 11) is -3.65. The first kappa shape index (κ1) is 22.7. The Labute approximate surface area is 179 Å². The van der Waals surface area contributed by atoms with E-state index in [1.54, 1.807) is 13.0 Å². The molecule has 0 aromatic heterocycles. The largest absolute Gasteiger partial charge is 0.452 e. The molecule has 1 amide bonds. The van der Waals surface area contributed by atoms with Crippen molar-refractivity contribution in [3.8, 4) is 0 Å². The minimum Gasteiger partial charge on any atom is -0.452 e. The number of benzene rings is 1. The van der Waals surface area contributed by atoms with Gasteiger partial charge in [0.1, 0.15) is 0 Å². The number of hydrogen-bond donors (Lipinski definition) is 1. The first-order valence-corrected chi connectivity index (χ1v) is 12.3. The third-order valence-electron chi connectivity index (χ3n) is 6.17. The number of esters is 1. The molecular formula is C22H32N2O5S. The molecule has 0 radical (unpaired) electrons. The van der Waals surface area contributed by atoms with Gasteiger partial charge in [-0.1, -0.05) is 32.3 Å². The highest BCUT2D eigenvalue weighted by Crippen LogP contribution is 2.24. The number of ether oxygens (including phenoxy) is 1. The summed E-state index contributed by atoms with van der Waals surface area (Å²) in [6.07, 6.45) is 7.01. The van der Waals surface area contributed by atoms with Crippen LogP contribution >= 0.6 is 0 Å². The van der Waals surface area contributed by atoms with E-state index in [2.05, 4.69) is 12.2 Å². The van der Waals surface area contributed by atoms with E-state index >= 15 is 0 Å². The van der Waals surface area contributed by atoms with Gasteiger partial charge in [0, 0.05) is 19.1 Å². The number of aryl methyl sites for hydroxylation is 1. The Morgan fingerprint density at radius 3 is 2.50 bits per heavy atom. The summed E-state index contributed by atoms with van der Waals surface area (Å²) in [6, 6.07) is 4.61. The SMILES string of the molecule is Cc1ccc(S(=O)(=O)N2CCCCC2)cc1C(=O)OCC(=O)N[C@@H]1CCCC[C@@H]1C. The molecule has 0 unspecified atom stereocenters. The highest BCUT2D eigenvalue weighted by atomic mass is 32.2. The summed E-state index contributed by atoms with van der Waals surface area (Å²) < 4.78 is 32.5. The molecule has 1 aliphatic carbocycles. The average molecular weight is 437 g/mol. The van der Waals surface area contributed by atoms with Crippen LogP contribution in [-0.4, -0.2) is 50.3 Å². The highest BCUT2D eigenvalue weighted by molar-refractivity contribution is 7.89. The molecule has 3 rings (SSSR count). The Morgan fingerprint density at radius 1 is 1.10 bits per heavy atom. The van der Waals surface area contributed by atoms with Crippen molar-refractivity contribution in [1.29, 1.82) is 0 Å². The minimum absolute atomic E-state index is 0.0856. The van der Waals surface area contributed by atoms with Gasteiger partial charge in [-0.25, -0.2) is 13.2 Å². The number of nitrogens with one attached hydrogen (secondary N) is 1. The van der Waals surface area contributed by atoms with Crippen LogP contribution in [0.1, 0.15) is 67.8 Å². The molecule has 0 spiro atoms. The van der Waals surface area contributed by atoms with E-state index in [0.717, 1.165) is 38.5 Å². The average Bonchev–Trinajstić information content (AvgIpc) is 2.74. The van der Waals surface area contributed by atoms with Crippen LogP contribution in [0.5, 0.6) is 0 Å². The zero-order valence-corrected chi connectivity index (χ0v) is 18.7. The van der Waals surface area contributed by atoms with Crippen molar-refractivity contribution in [3.63, 3.8) is 0 Å². The predicted molar refractivity (Wildman–Crippen MR) is 114 cm³/mol. The lowest BCUT2D eigenvalue weighted by Crippen LogP contribution is -2.42. The van der Waals surface area contributed by atoms with Crippen LogP contribution in [0, 0.1) is 12.8 Å². The molecule has 2 atom stereocenters. The fraction of sp³-hybridized carbons (Fsp3) is 0.636. The van der Waals surface area contributed by atoms with Crippen molar-refractivity contribution < 1.29 is 22.7 Å². The lowest BCUT2D eigenvalue weighted by molar-refractivity contribution is -0.125. The fourth-order valence-corrected chi connectivity index (χ4v) is 5.77. The first-order valence-electron chi connectivity index (χ1n) is 10.9. The Kier molecular flexibility index (Phi) is 7.52. The van der Waals surface area contributed by atoms with Crippen LogP contribution in [0.25, 0.3) is 0 Å². The highest BCUT2D eigenvalue weighted by Gasteiger charge is 2.28. The molecule has 0 bridgehead atoms. The van der Waals surface area contributed by atoms with Crippen LogP contribution < -0.4 is 5.32 Å². The minimum atomic E-state index is -3.65. The van der Waals surface area contributed by atoms with Crippen molar-refractivity contribution in [1.82, 2.24) is 9.62 Å². The Balaban J connectivity index is 1.64. The van der Waals surface area contributed by atoms with Gasteiger partial charge in [0.05, 0.1) is 10.5 Å². The van der Waals surface area contributed by atoms with E-state index in [-0.39, 0.29) is 29.0 Å². The number of sulfonamides is 1. The first-order chi connectivity index (χ1) is 14.3. The maximum atomic E-state index is 12.9. The van der Waals surface area contributed by atoms with E-state index < -0.39 is 16.0 Å². The standard InChI is InChI=1S/C22H32N2O5S/c1-16-10-11-18(30(27,28)24-12-6-3-7-13-24)14-19(16)22(26)29-15-21(25)23-20-9-5-4-8-17(20)2/h10-11,14,17,20H,3-9,12-13,15H2,1-2H3,(H,23,25)/t17-,20+/m0/s1. The van der Waals surface area contributed by atoms with Crippen molar-refractivity contribution in [3.05, 3.63) is 29.3 Å². The predicted octanol–water partition coefficient (Wildman–Crippen LogP) is 3.02. The molecule has 2 aliphatic rings. The van der Waals surface area contributed by atoms with Crippen LogP contribution in [0.4, 0.5) is 0 Å². The maximum absolute atomic E-state index is 12.9. The van der Waals surface area contributed by atoms with Gasteiger partial charge in [-0.3, -0.25) is 4.79 Å². The molecule has 1 aromatic carbocycles. The summed E-state index contributed by atoms with van der Waals surface area (Å²) in [4.78, 5) is 24.9. The van der Waals surface area contributed by atoms with Crippen molar-refractivity contribution in [2.75, 3.05) is 19.7 Å². The summed E-state index contributed by atoms with van der Waals surface area (Å²) in [6.45, 7) is 4.46. The lowest BCUT2D eigenvalue weighted by Gasteiger charge is -2.29. The van der Waals surface area contributed by atoms with Gasteiger partial charge in [-0.2, -0.15) is 4.31 Å². The monoisotopic (exact) mass is 436 g/mol. The quantitative estimate of drug-likeness (QED) is 0.692. The molecule has 1 saturated heterocycles. The summed E-state index contributed by atoms with van der Waals surface area (Å²) in [5.74, 6) is -0.593. The van der Waals surface area contributed by atoms with Gasteiger partial charge in [-0.15, -0.1) is 0 Å². The number of rotatable bonds is 6. The van der Waals surface area contributed by atoms with Gasteiger partial charge >= 0.3 is 5.97 Å². The second-order valence-corrected chi connectivity index (χ2v) is 10.4. The summed E-state index contributed by atoms with van der Waals surface area (Å²) >= 11 is 0. The van der Waals surface area contributed by atoms with E-state index in [9.17, 15) is 18.0 Å². The normalized spacial score (nSPS) is 23.0. The van der Waals surface area contributed by atoms with Crippen molar-refractivity contribution in [2.45, 2.75) is 69.7 Å².